The van der Waals surface area contributed by atoms with Crippen molar-refractivity contribution in [2.75, 3.05) is 19.1 Å². The third-order valence-corrected chi connectivity index (χ3v) is 6.41. The number of anilines is 1. The Morgan fingerprint density at radius 2 is 1.69 bits per heavy atom. The van der Waals surface area contributed by atoms with Gasteiger partial charge >= 0.3 is 5.91 Å². The average Bonchev–Trinajstić information content (AvgIpc) is 3.51. The summed E-state index contributed by atoms with van der Waals surface area (Å²) < 4.78 is 22.0. The third-order valence-electron chi connectivity index (χ3n) is 6.41. The molecule has 1 aliphatic rings. The highest BCUT2D eigenvalue weighted by Gasteiger charge is 2.48. The number of aromatic nitrogens is 1. The van der Waals surface area contributed by atoms with Gasteiger partial charge in [0, 0.05) is 11.6 Å². The number of carbonyl (C=O) groups is 2. The van der Waals surface area contributed by atoms with E-state index in [0.29, 0.717) is 40.7 Å². The summed E-state index contributed by atoms with van der Waals surface area (Å²) in [6.45, 7) is 2.01. The Hall–Kier alpha value is -5.05. The lowest BCUT2D eigenvalue weighted by Crippen LogP contribution is -2.29. The van der Waals surface area contributed by atoms with Crippen LogP contribution in [0.1, 0.15) is 28.5 Å². The highest BCUT2D eigenvalue weighted by atomic mass is 16.5. The Kier molecular flexibility index (Phi) is 7.05. The molecular weight excluding hydrogens is 500 g/mol. The van der Waals surface area contributed by atoms with Gasteiger partial charge in [-0.05, 0) is 54.4 Å². The van der Waals surface area contributed by atoms with Gasteiger partial charge in [-0.3, -0.25) is 14.5 Å². The zero-order chi connectivity index (χ0) is 27.5. The monoisotopic (exact) mass is 526 g/mol. The van der Waals surface area contributed by atoms with E-state index in [1.165, 1.54) is 19.1 Å². The molecule has 1 unspecified atom stereocenters. The van der Waals surface area contributed by atoms with E-state index in [4.69, 9.17) is 18.7 Å². The molecule has 39 heavy (non-hydrogen) atoms. The van der Waals surface area contributed by atoms with Gasteiger partial charge in [0.1, 0.15) is 23.9 Å². The molecular formula is C30H26N2O7. The van der Waals surface area contributed by atoms with E-state index in [0.717, 1.165) is 5.56 Å². The first-order chi connectivity index (χ1) is 18.9. The number of ether oxygens (including phenoxy) is 3. The maximum Gasteiger partial charge on any atom is 0.301 e. The Morgan fingerprint density at radius 1 is 0.949 bits per heavy atom. The number of amides is 1. The number of aliphatic hydroxyl groups is 1. The van der Waals surface area contributed by atoms with Crippen molar-refractivity contribution in [2.45, 2.75) is 19.6 Å². The molecule has 5 rings (SSSR count). The van der Waals surface area contributed by atoms with E-state index in [1.54, 1.807) is 55.5 Å². The molecule has 1 N–H and O–H groups in total. The molecule has 4 aromatic rings. The number of Topliss-reactive ketones (excluding diaryl/α,β-unsaturated/α-hetero) is 1. The van der Waals surface area contributed by atoms with E-state index < -0.39 is 17.7 Å². The van der Waals surface area contributed by atoms with E-state index in [1.807, 2.05) is 30.3 Å². The van der Waals surface area contributed by atoms with Crippen molar-refractivity contribution in [1.29, 1.82) is 0 Å². The maximum atomic E-state index is 13.4. The number of methoxy groups -OCH3 is 2. The lowest BCUT2D eigenvalue weighted by molar-refractivity contribution is -0.132. The predicted molar refractivity (Wildman–Crippen MR) is 143 cm³/mol. The SMILES string of the molecule is COc1ccc(C(O)=C2C(=O)C(=O)N(c3cc(C)on3)C2c2ccc(OCc3ccccc3)c(OC)c2)cc1. The van der Waals surface area contributed by atoms with Crippen LogP contribution in [0.2, 0.25) is 0 Å². The molecule has 1 amide bonds. The average molecular weight is 527 g/mol. The summed E-state index contributed by atoms with van der Waals surface area (Å²) in [7, 11) is 3.03. The molecule has 0 saturated carbocycles. The molecule has 0 aliphatic carbocycles. The van der Waals surface area contributed by atoms with Crippen LogP contribution in [0.4, 0.5) is 5.82 Å². The number of aryl methyl sites for hydroxylation is 1. The fourth-order valence-electron chi connectivity index (χ4n) is 4.46. The molecule has 1 aliphatic heterocycles. The van der Waals surface area contributed by atoms with Gasteiger partial charge in [0.05, 0.1) is 25.8 Å². The number of carbonyl (C=O) groups excluding carboxylic acids is 2. The first-order valence-electron chi connectivity index (χ1n) is 12.1. The zero-order valence-corrected chi connectivity index (χ0v) is 21.6. The molecule has 0 radical (unpaired) electrons. The first-order valence-corrected chi connectivity index (χ1v) is 12.1. The number of benzene rings is 3. The summed E-state index contributed by atoms with van der Waals surface area (Å²) in [6.07, 6.45) is 0. The number of ketones is 1. The molecule has 9 heteroatoms. The molecule has 1 saturated heterocycles. The number of hydrogen-bond donors (Lipinski definition) is 1. The van der Waals surface area contributed by atoms with E-state index >= 15 is 0 Å². The standard InChI is InChI=1S/C30H26N2O7/c1-18-15-25(31-39-18)32-27(26(29(34)30(32)35)28(33)20-9-12-22(36-2)13-10-20)21-11-14-23(24(16-21)37-3)38-17-19-7-5-4-6-8-19/h4-16,27,33H,17H2,1-3H3. The number of rotatable bonds is 8. The van der Waals surface area contributed by atoms with E-state index in [-0.39, 0.29) is 17.2 Å². The van der Waals surface area contributed by atoms with Gasteiger partial charge in [0.2, 0.25) is 0 Å². The molecule has 1 aromatic heterocycles. The summed E-state index contributed by atoms with van der Waals surface area (Å²) in [5.41, 5.74) is 1.75. The topological polar surface area (TPSA) is 111 Å². The third kappa shape index (κ3) is 4.94. The van der Waals surface area contributed by atoms with Crippen molar-refractivity contribution in [2.24, 2.45) is 0 Å². The van der Waals surface area contributed by atoms with Gasteiger partial charge in [-0.15, -0.1) is 0 Å². The first kappa shape index (κ1) is 25.6. The van der Waals surface area contributed by atoms with Crippen LogP contribution in [-0.4, -0.2) is 36.2 Å². The Bertz CT molecular complexity index is 1540. The van der Waals surface area contributed by atoms with Crippen LogP contribution in [0.5, 0.6) is 17.2 Å². The van der Waals surface area contributed by atoms with E-state index in [2.05, 4.69) is 5.16 Å². The lowest BCUT2D eigenvalue weighted by atomic mass is 9.95. The maximum absolute atomic E-state index is 13.4. The van der Waals surface area contributed by atoms with Gasteiger partial charge < -0.3 is 23.8 Å². The van der Waals surface area contributed by atoms with Crippen LogP contribution in [-0.2, 0) is 16.2 Å². The van der Waals surface area contributed by atoms with Crippen molar-refractivity contribution in [3.8, 4) is 17.2 Å². The minimum Gasteiger partial charge on any atom is -0.507 e. The summed E-state index contributed by atoms with van der Waals surface area (Å²) in [5, 5.41) is 15.3. The molecule has 198 valence electrons. The number of nitrogens with zero attached hydrogens (tertiary/aromatic N) is 2. The summed E-state index contributed by atoms with van der Waals surface area (Å²) >= 11 is 0. The van der Waals surface area contributed by atoms with Crippen LogP contribution in [0.3, 0.4) is 0 Å². The second-order valence-corrected chi connectivity index (χ2v) is 8.88. The van der Waals surface area contributed by atoms with Gasteiger partial charge in [0.25, 0.3) is 5.78 Å². The van der Waals surface area contributed by atoms with E-state index in [9.17, 15) is 14.7 Å². The summed E-state index contributed by atoms with van der Waals surface area (Å²) in [5.74, 6) is 0.0534. The van der Waals surface area contributed by atoms with Crippen molar-refractivity contribution in [1.82, 2.24) is 5.16 Å². The minimum atomic E-state index is -1.01. The predicted octanol–water partition coefficient (Wildman–Crippen LogP) is 5.21. The van der Waals surface area contributed by atoms with Crippen LogP contribution in [0.25, 0.3) is 5.76 Å². The second-order valence-electron chi connectivity index (χ2n) is 8.88. The van der Waals surface area contributed by atoms with Crippen LogP contribution in [0, 0.1) is 6.92 Å². The normalized spacial score (nSPS) is 16.4. The highest BCUT2D eigenvalue weighted by Crippen LogP contribution is 2.44. The molecule has 3 aromatic carbocycles. The number of hydrogen-bond acceptors (Lipinski definition) is 8. The Labute approximate surface area is 224 Å². The Balaban J connectivity index is 1.60. The number of aliphatic hydroxyl groups excluding tert-OH is 1. The smallest absolute Gasteiger partial charge is 0.301 e. The van der Waals surface area contributed by atoms with Crippen LogP contribution >= 0.6 is 0 Å². The van der Waals surface area contributed by atoms with Crippen molar-refractivity contribution in [3.63, 3.8) is 0 Å². The molecule has 2 heterocycles. The molecule has 9 nitrogen and oxygen atoms in total. The largest absolute Gasteiger partial charge is 0.507 e. The molecule has 1 atom stereocenters. The quantitative estimate of drug-likeness (QED) is 0.189. The zero-order valence-electron chi connectivity index (χ0n) is 21.6. The fraction of sp³-hybridized carbons (Fsp3) is 0.167. The van der Waals surface area contributed by atoms with Crippen molar-refractivity contribution < 1.29 is 33.4 Å². The van der Waals surface area contributed by atoms with Crippen LogP contribution in [0.15, 0.2) is 89.0 Å². The lowest BCUT2D eigenvalue weighted by Gasteiger charge is -2.24. The van der Waals surface area contributed by atoms with Crippen LogP contribution < -0.4 is 19.1 Å². The van der Waals surface area contributed by atoms with Crippen molar-refractivity contribution >= 4 is 23.3 Å². The minimum absolute atomic E-state index is 0.0918. The molecule has 0 spiro atoms. The van der Waals surface area contributed by atoms with Gasteiger partial charge in [0.15, 0.2) is 17.3 Å². The summed E-state index contributed by atoms with van der Waals surface area (Å²) in [4.78, 5) is 27.9. The Morgan fingerprint density at radius 3 is 2.33 bits per heavy atom. The second kappa shape index (κ2) is 10.7. The van der Waals surface area contributed by atoms with Gasteiger partial charge in [-0.1, -0.05) is 41.6 Å². The van der Waals surface area contributed by atoms with Gasteiger partial charge in [-0.25, -0.2) is 0 Å². The van der Waals surface area contributed by atoms with Gasteiger partial charge in [-0.2, -0.15) is 0 Å². The molecule has 0 bridgehead atoms. The van der Waals surface area contributed by atoms with Crippen molar-refractivity contribution in [3.05, 3.63) is 107 Å². The molecule has 1 fully saturated rings. The summed E-state index contributed by atoms with van der Waals surface area (Å²) in [6, 6.07) is 21.9. The fourth-order valence-corrected chi connectivity index (χ4v) is 4.46. The highest BCUT2D eigenvalue weighted by molar-refractivity contribution is 6.51.